The average molecular weight is 437 g/mol. The van der Waals surface area contributed by atoms with E-state index in [-0.39, 0.29) is 17.1 Å². The molecule has 0 atom stereocenters. The van der Waals surface area contributed by atoms with Crippen LogP contribution in [0, 0.1) is 10.1 Å². The molecule has 0 amide bonds. The lowest BCUT2D eigenvalue weighted by Gasteiger charge is -2.29. The lowest BCUT2D eigenvalue weighted by Crippen LogP contribution is -2.36. The van der Waals surface area contributed by atoms with Crippen molar-refractivity contribution in [2.75, 3.05) is 50.7 Å². The number of ether oxygens (including phenoxy) is 2. The fourth-order valence-electron chi connectivity index (χ4n) is 3.61. The van der Waals surface area contributed by atoms with E-state index in [4.69, 9.17) is 9.47 Å². The molecule has 166 valence electrons. The minimum absolute atomic E-state index is 0.102. The third-order valence-electron chi connectivity index (χ3n) is 5.31. The molecule has 1 saturated heterocycles. The molecule has 32 heavy (non-hydrogen) atoms. The van der Waals surface area contributed by atoms with Crippen molar-refractivity contribution in [3.8, 4) is 22.7 Å². The van der Waals surface area contributed by atoms with Gasteiger partial charge in [0.2, 0.25) is 0 Å². The van der Waals surface area contributed by atoms with E-state index in [9.17, 15) is 14.9 Å². The Morgan fingerprint density at radius 2 is 1.94 bits per heavy atom. The van der Waals surface area contributed by atoms with Crippen LogP contribution in [0.15, 0.2) is 53.3 Å². The predicted molar refractivity (Wildman–Crippen MR) is 121 cm³/mol. The number of nitrogens with zero attached hydrogens (tertiary/aromatic N) is 4. The topological polar surface area (TPSA) is 112 Å². The number of nitro benzene ring substituents is 1. The van der Waals surface area contributed by atoms with E-state index < -0.39 is 10.5 Å². The second kappa shape index (κ2) is 9.06. The van der Waals surface area contributed by atoms with Crippen LogP contribution in [-0.2, 0) is 4.74 Å². The number of benzene rings is 2. The van der Waals surface area contributed by atoms with Gasteiger partial charge in [0, 0.05) is 37.5 Å². The minimum Gasteiger partial charge on any atom is -0.497 e. The number of hydrogen-bond acceptors (Lipinski definition) is 8. The Morgan fingerprint density at radius 1 is 1.16 bits per heavy atom. The first kappa shape index (κ1) is 21.3. The molecule has 10 heteroatoms. The summed E-state index contributed by atoms with van der Waals surface area (Å²) in [6.45, 7) is 2.45. The summed E-state index contributed by atoms with van der Waals surface area (Å²) in [6.07, 6.45) is 0. The van der Waals surface area contributed by atoms with Crippen molar-refractivity contribution in [2.45, 2.75) is 0 Å². The molecule has 3 aromatic rings. The highest BCUT2D eigenvalue weighted by Crippen LogP contribution is 2.29. The third-order valence-corrected chi connectivity index (χ3v) is 5.31. The fraction of sp³-hybridized carbons (Fsp3) is 0.273. The van der Waals surface area contributed by atoms with Gasteiger partial charge in [-0.3, -0.25) is 14.9 Å². The molecule has 0 unspecified atom stereocenters. The summed E-state index contributed by atoms with van der Waals surface area (Å²) in [5.74, 6) is 0.633. The number of rotatable bonds is 6. The highest BCUT2D eigenvalue weighted by atomic mass is 16.6. The highest BCUT2D eigenvalue weighted by Gasteiger charge is 2.22. The van der Waals surface area contributed by atoms with Gasteiger partial charge in [-0.2, -0.15) is 9.78 Å². The first-order valence-corrected chi connectivity index (χ1v) is 10.1. The fourth-order valence-corrected chi connectivity index (χ4v) is 3.61. The Bertz CT molecular complexity index is 1200. The molecule has 2 heterocycles. The molecule has 0 aliphatic carbocycles. The standard InChI is InChI=1S/C22H23N5O5/c1-23-19-14-18(15-4-3-5-17(12-15)31-2)24-26(22(19)28)21-13-16(6-7-20(21)27(29)30)25-8-10-32-11-9-25/h3-7,12-14,23H,8-11H2,1-2H3. The Hall–Kier alpha value is -3.92. The lowest BCUT2D eigenvalue weighted by atomic mass is 10.1. The maximum Gasteiger partial charge on any atom is 0.295 e. The van der Waals surface area contributed by atoms with Crippen molar-refractivity contribution in [3.05, 3.63) is 69.0 Å². The second-order valence-electron chi connectivity index (χ2n) is 7.17. The van der Waals surface area contributed by atoms with Gasteiger partial charge < -0.3 is 19.7 Å². The molecule has 0 bridgehead atoms. The summed E-state index contributed by atoms with van der Waals surface area (Å²) in [6, 6.07) is 13.6. The van der Waals surface area contributed by atoms with E-state index in [1.807, 2.05) is 12.1 Å². The normalized spacial score (nSPS) is 13.6. The van der Waals surface area contributed by atoms with Crippen LogP contribution >= 0.6 is 0 Å². The Kier molecular flexibility index (Phi) is 6.04. The minimum atomic E-state index is -0.510. The molecule has 4 rings (SSSR count). The summed E-state index contributed by atoms with van der Waals surface area (Å²) in [5, 5.41) is 19.1. The first-order chi connectivity index (χ1) is 15.5. The van der Waals surface area contributed by atoms with Gasteiger partial charge in [-0.1, -0.05) is 12.1 Å². The smallest absolute Gasteiger partial charge is 0.295 e. The van der Waals surface area contributed by atoms with Gasteiger partial charge in [0.25, 0.3) is 11.2 Å². The van der Waals surface area contributed by atoms with Crippen molar-refractivity contribution < 1.29 is 14.4 Å². The van der Waals surface area contributed by atoms with Crippen LogP contribution in [0.2, 0.25) is 0 Å². The van der Waals surface area contributed by atoms with Gasteiger partial charge in [0.05, 0.1) is 30.9 Å². The molecule has 1 aliphatic rings. The van der Waals surface area contributed by atoms with Crippen molar-refractivity contribution in [2.24, 2.45) is 0 Å². The highest BCUT2D eigenvalue weighted by molar-refractivity contribution is 5.67. The number of anilines is 2. The quantitative estimate of drug-likeness (QED) is 0.463. The summed E-state index contributed by atoms with van der Waals surface area (Å²) in [4.78, 5) is 26.5. The van der Waals surface area contributed by atoms with E-state index >= 15 is 0 Å². The van der Waals surface area contributed by atoms with Crippen molar-refractivity contribution in [1.29, 1.82) is 0 Å². The van der Waals surface area contributed by atoms with Crippen LogP contribution in [0.3, 0.4) is 0 Å². The van der Waals surface area contributed by atoms with Crippen molar-refractivity contribution >= 4 is 17.1 Å². The van der Waals surface area contributed by atoms with Crippen LogP contribution in [0.1, 0.15) is 0 Å². The Balaban J connectivity index is 1.91. The van der Waals surface area contributed by atoms with Gasteiger partial charge in [-0.15, -0.1) is 0 Å². The zero-order chi connectivity index (χ0) is 22.7. The van der Waals surface area contributed by atoms with E-state index in [1.54, 1.807) is 44.5 Å². The zero-order valence-corrected chi connectivity index (χ0v) is 17.8. The van der Waals surface area contributed by atoms with Gasteiger partial charge in [0.15, 0.2) is 0 Å². The van der Waals surface area contributed by atoms with Crippen LogP contribution in [0.4, 0.5) is 17.1 Å². The number of methoxy groups -OCH3 is 1. The monoisotopic (exact) mass is 437 g/mol. The summed E-state index contributed by atoms with van der Waals surface area (Å²) in [7, 11) is 3.18. The van der Waals surface area contributed by atoms with Gasteiger partial charge in [-0.25, -0.2) is 0 Å². The van der Waals surface area contributed by atoms with E-state index in [0.717, 1.165) is 10.4 Å². The second-order valence-corrected chi connectivity index (χ2v) is 7.17. The van der Waals surface area contributed by atoms with E-state index in [2.05, 4.69) is 15.3 Å². The van der Waals surface area contributed by atoms with Gasteiger partial charge in [0.1, 0.15) is 17.1 Å². The molecular weight excluding hydrogens is 414 g/mol. The molecule has 0 radical (unpaired) electrons. The lowest BCUT2D eigenvalue weighted by molar-refractivity contribution is -0.384. The summed E-state index contributed by atoms with van der Waals surface area (Å²) in [5.41, 5.74) is 1.62. The largest absolute Gasteiger partial charge is 0.497 e. The number of aromatic nitrogens is 2. The van der Waals surface area contributed by atoms with Crippen molar-refractivity contribution in [3.63, 3.8) is 0 Å². The molecule has 2 aromatic carbocycles. The molecule has 1 aromatic heterocycles. The summed E-state index contributed by atoms with van der Waals surface area (Å²) >= 11 is 0. The van der Waals surface area contributed by atoms with Crippen LogP contribution in [-0.4, -0.2) is 55.2 Å². The van der Waals surface area contributed by atoms with Crippen molar-refractivity contribution in [1.82, 2.24) is 9.78 Å². The van der Waals surface area contributed by atoms with Crippen LogP contribution in [0.5, 0.6) is 5.75 Å². The Morgan fingerprint density at radius 3 is 2.62 bits per heavy atom. The van der Waals surface area contributed by atoms with Gasteiger partial charge in [-0.05, 0) is 30.3 Å². The average Bonchev–Trinajstić information content (AvgIpc) is 2.84. The first-order valence-electron chi connectivity index (χ1n) is 10.1. The molecule has 10 nitrogen and oxygen atoms in total. The van der Waals surface area contributed by atoms with E-state index in [0.29, 0.717) is 43.3 Å². The number of hydrogen-bond donors (Lipinski definition) is 1. The summed E-state index contributed by atoms with van der Waals surface area (Å²) < 4.78 is 11.8. The number of nitrogens with one attached hydrogen (secondary N) is 1. The van der Waals surface area contributed by atoms with Crippen LogP contribution < -0.4 is 20.5 Å². The molecule has 1 N–H and O–H groups in total. The molecule has 1 fully saturated rings. The molecule has 0 saturated carbocycles. The molecule has 1 aliphatic heterocycles. The number of morpholine rings is 1. The van der Waals surface area contributed by atoms with Crippen LogP contribution in [0.25, 0.3) is 16.9 Å². The number of nitro groups is 1. The zero-order valence-electron chi connectivity index (χ0n) is 17.8. The van der Waals surface area contributed by atoms with E-state index in [1.165, 1.54) is 6.07 Å². The Labute approximate surface area is 184 Å². The third kappa shape index (κ3) is 4.12. The molecule has 0 spiro atoms. The predicted octanol–water partition coefficient (Wildman–Crippen LogP) is 2.69. The maximum absolute atomic E-state index is 13.1. The van der Waals surface area contributed by atoms with Gasteiger partial charge >= 0.3 is 0 Å². The molecular formula is C22H23N5O5. The SMILES string of the molecule is CNc1cc(-c2cccc(OC)c2)nn(-c2cc(N3CCOCC3)ccc2[N+](=O)[O-])c1=O. The maximum atomic E-state index is 13.1.